The molecule has 5 heteroatoms. The van der Waals surface area contributed by atoms with Crippen LogP contribution in [0, 0.1) is 5.82 Å². The standard InChI is InChI=1S/C14H11FN2O2/c15-9-6-8(3-4-10(9)16)13-7-11(18)14-12(19-13)2-1-5-17-14/h1-6,13H,7,16H2. The number of pyridine rings is 1. The summed E-state index contributed by atoms with van der Waals surface area (Å²) in [7, 11) is 0. The van der Waals surface area contributed by atoms with Crippen LogP contribution in [0.15, 0.2) is 36.5 Å². The Balaban J connectivity index is 1.96. The summed E-state index contributed by atoms with van der Waals surface area (Å²) < 4.78 is 19.1. The van der Waals surface area contributed by atoms with E-state index in [0.29, 0.717) is 17.0 Å². The molecule has 1 aromatic carbocycles. The van der Waals surface area contributed by atoms with E-state index in [9.17, 15) is 9.18 Å². The van der Waals surface area contributed by atoms with E-state index in [2.05, 4.69) is 4.98 Å². The molecule has 3 rings (SSSR count). The summed E-state index contributed by atoms with van der Waals surface area (Å²) in [5.74, 6) is -0.185. The third kappa shape index (κ3) is 2.03. The lowest BCUT2D eigenvalue weighted by atomic mass is 9.99. The van der Waals surface area contributed by atoms with Gasteiger partial charge in [-0.1, -0.05) is 6.07 Å². The van der Waals surface area contributed by atoms with Gasteiger partial charge in [0.05, 0.1) is 12.1 Å². The maximum atomic E-state index is 13.4. The zero-order valence-corrected chi connectivity index (χ0v) is 9.97. The van der Waals surface area contributed by atoms with Gasteiger partial charge in [0.25, 0.3) is 0 Å². The summed E-state index contributed by atoms with van der Waals surface area (Å²) >= 11 is 0. The van der Waals surface area contributed by atoms with Crippen LogP contribution in [0.1, 0.15) is 28.6 Å². The maximum Gasteiger partial charge on any atom is 0.189 e. The topological polar surface area (TPSA) is 65.2 Å². The number of halogens is 1. The second-order valence-corrected chi connectivity index (χ2v) is 4.36. The van der Waals surface area contributed by atoms with Gasteiger partial charge in [0, 0.05) is 6.20 Å². The molecule has 19 heavy (non-hydrogen) atoms. The molecule has 2 heterocycles. The number of fused-ring (bicyclic) bond motifs is 1. The van der Waals surface area contributed by atoms with Crippen molar-refractivity contribution in [3.8, 4) is 5.75 Å². The Kier molecular flexibility index (Phi) is 2.67. The molecule has 1 aliphatic heterocycles. The van der Waals surface area contributed by atoms with Gasteiger partial charge in [0.2, 0.25) is 0 Å². The lowest BCUT2D eigenvalue weighted by molar-refractivity contribution is 0.0841. The van der Waals surface area contributed by atoms with Crippen LogP contribution in [0.4, 0.5) is 10.1 Å². The predicted octanol–water partition coefficient (Wildman–Crippen LogP) is 2.51. The Morgan fingerprint density at radius 1 is 1.37 bits per heavy atom. The third-order valence-electron chi connectivity index (χ3n) is 3.07. The highest BCUT2D eigenvalue weighted by Gasteiger charge is 2.28. The van der Waals surface area contributed by atoms with Gasteiger partial charge in [0.15, 0.2) is 5.78 Å². The van der Waals surface area contributed by atoms with Crippen molar-refractivity contribution in [3.05, 3.63) is 53.6 Å². The SMILES string of the molecule is Nc1ccc(C2CC(=O)c3ncccc3O2)cc1F. The number of nitrogens with two attached hydrogens (primary N) is 1. The van der Waals surface area contributed by atoms with Crippen molar-refractivity contribution in [3.63, 3.8) is 0 Å². The monoisotopic (exact) mass is 258 g/mol. The summed E-state index contributed by atoms with van der Waals surface area (Å²) in [6, 6.07) is 7.81. The Morgan fingerprint density at radius 2 is 2.21 bits per heavy atom. The quantitative estimate of drug-likeness (QED) is 0.798. The number of hydrogen-bond acceptors (Lipinski definition) is 4. The van der Waals surface area contributed by atoms with Gasteiger partial charge >= 0.3 is 0 Å². The van der Waals surface area contributed by atoms with E-state index in [1.165, 1.54) is 12.1 Å². The normalized spacial score (nSPS) is 17.7. The molecule has 0 saturated heterocycles. The number of carbonyl (C=O) groups excluding carboxylic acids is 1. The Hall–Kier alpha value is -2.43. The van der Waals surface area contributed by atoms with Gasteiger partial charge in [-0.3, -0.25) is 4.79 Å². The molecule has 0 amide bonds. The van der Waals surface area contributed by atoms with Gasteiger partial charge in [-0.05, 0) is 29.8 Å². The molecule has 0 fully saturated rings. The van der Waals surface area contributed by atoms with Gasteiger partial charge < -0.3 is 10.5 Å². The minimum absolute atomic E-state index is 0.0768. The number of rotatable bonds is 1. The zero-order valence-electron chi connectivity index (χ0n) is 9.97. The lowest BCUT2D eigenvalue weighted by Crippen LogP contribution is -2.21. The van der Waals surface area contributed by atoms with Gasteiger partial charge in [-0.2, -0.15) is 0 Å². The van der Waals surface area contributed by atoms with Crippen LogP contribution in [0.25, 0.3) is 0 Å². The predicted molar refractivity (Wildman–Crippen MR) is 67.4 cm³/mol. The van der Waals surface area contributed by atoms with Crippen LogP contribution >= 0.6 is 0 Å². The molecule has 1 aromatic heterocycles. The van der Waals surface area contributed by atoms with Gasteiger partial charge in [-0.15, -0.1) is 0 Å². The maximum absolute atomic E-state index is 13.4. The number of carbonyl (C=O) groups is 1. The third-order valence-corrected chi connectivity index (χ3v) is 3.07. The van der Waals surface area contributed by atoms with Crippen molar-refractivity contribution < 1.29 is 13.9 Å². The van der Waals surface area contributed by atoms with E-state index >= 15 is 0 Å². The number of ketones is 1. The second kappa shape index (κ2) is 4.35. The number of Topliss-reactive ketones (excluding diaryl/α,β-unsaturated/α-hetero) is 1. The van der Waals surface area contributed by atoms with Crippen LogP contribution < -0.4 is 10.5 Å². The van der Waals surface area contributed by atoms with Crippen LogP contribution in [-0.4, -0.2) is 10.8 Å². The molecule has 1 aliphatic rings. The summed E-state index contributed by atoms with van der Waals surface area (Å²) in [6.45, 7) is 0. The zero-order chi connectivity index (χ0) is 13.4. The Bertz CT molecular complexity index is 658. The fraction of sp³-hybridized carbons (Fsp3) is 0.143. The highest BCUT2D eigenvalue weighted by Crippen LogP contribution is 2.34. The molecule has 4 nitrogen and oxygen atoms in total. The van der Waals surface area contributed by atoms with E-state index in [4.69, 9.17) is 10.5 Å². The molecule has 1 atom stereocenters. The van der Waals surface area contributed by atoms with Crippen molar-refractivity contribution in [1.29, 1.82) is 0 Å². The first-order valence-corrected chi connectivity index (χ1v) is 5.85. The van der Waals surface area contributed by atoms with Gasteiger partial charge in [0.1, 0.15) is 23.4 Å². The van der Waals surface area contributed by atoms with E-state index in [1.54, 1.807) is 24.4 Å². The largest absolute Gasteiger partial charge is 0.483 e. The molecule has 0 aliphatic carbocycles. The average molecular weight is 258 g/mol. The molecule has 0 radical (unpaired) electrons. The molecule has 1 unspecified atom stereocenters. The fourth-order valence-corrected chi connectivity index (χ4v) is 2.08. The number of nitrogen functional groups attached to an aromatic ring is 1. The highest BCUT2D eigenvalue weighted by molar-refractivity contribution is 5.98. The first-order valence-electron chi connectivity index (χ1n) is 5.85. The molecule has 0 spiro atoms. The minimum Gasteiger partial charge on any atom is -0.483 e. The number of nitrogens with zero attached hydrogens (tertiary/aromatic N) is 1. The average Bonchev–Trinajstić information content (AvgIpc) is 2.42. The van der Waals surface area contributed by atoms with Crippen LogP contribution in [0.2, 0.25) is 0 Å². The number of benzene rings is 1. The molecule has 0 bridgehead atoms. The first kappa shape index (κ1) is 11.6. The summed E-state index contributed by atoms with van der Waals surface area (Å²) in [5, 5.41) is 0. The van der Waals surface area contributed by atoms with Gasteiger partial charge in [-0.25, -0.2) is 9.37 Å². The molecule has 0 saturated carbocycles. The Labute approximate surface area is 109 Å². The first-order chi connectivity index (χ1) is 9.15. The van der Waals surface area contributed by atoms with E-state index in [0.717, 1.165) is 0 Å². The smallest absolute Gasteiger partial charge is 0.189 e. The van der Waals surface area contributed by atoms with E-state index in [-0.39, 0.29) is 17.9 Å². The van der Waals surface area contributed by atoms with Crippen LogP contribution in [0.5, 0.6) is 5.75 Å². The molecule has 2 N–H and O–H groups in total. The summed E-state index contributed by atoms with van der Waals surface area (Å²) in [4.78, 5) is 16.0. The number of ether oxygens (including phenoxy) is 1. The lowest BCUT2D eigenvalue weighted by Gasteiger charge is -2.24. The molecule has 96 valence electrons. The number of hydrogen-bond donors (Lipinski definition) is 1. The fourth-order valence-electron chi connectivity index (χ4n) is 2.08. The van der Waals surface area contributed by atoms with Crippen LogP contribution in [-0.2, 0) is 0 Å². The number of aromatic nitrogens is 1. The highest BCUT2D eigenvalue weighted by atomic mass is 19.1. The molecular weight excluding hydrogens is 247 g/mol. The van der Waals surface area contributed by atoms with Crippen molar-refractivity contribution in [2.75, 3.05) is 5.73 Å². The Morgan fingerprint density at radius 3 is 3.00 bits per heavy atom. The summed E-state index contributed by atoms with van der Waals surface area (Å²) in [6.07, 6.45) is 1.19. The van der Waals surface area contributed by atoms with E-state index in [1.807, 2.05) is 0 Å². The van der Waals surface area contributed by atoms with Crippen molar-refractivity contribution in [2.24, 2.45) is 0 Å². The molecular formula is C14H11FN2O2. The second-order valence-electron chi connectivity index (χ2n) is 4.36. The van der Waals surface area contributed by atoms with E-state index < -0.39 is 11.9 Å². The van der Waals surface area contributed by atoms with Crippen molar-refractivity contribution in [1.82, 2.24) is 4.98 Å². The van der Waals surface area contributed by atoms with Crippen molar-refractivity contribution >= 4 is 11.5 Å². The number of anilines is 1. The minimum atomic E-state index is -0.509. The summed E-state index contributed by atoms with van der Waals surface area (Å²) in [5.41, 5.74) is 6.43. The van der Waals surface area contributed by atoms with Crippen LogP contribution in [0.3, 0.4) is 0 Å². The molecule has 2 aromatic rings. The van der Waals surface area contributed by atoms with Crippen molar-refractivity contribution in [2.45, 2.75) is 12.5 Å².